The van der Waals surface area contributed by atoms with E-state index in [-0.39, 0.29) is 11.8 Å². The first-order valence-corrected chi connectivity index (χ1v) is 11.6. The van der Waals surface area contributed by atoms with E-state index in [2.05, 4.69) is 15.6 Å². The average Bonchev–Trinajstić information content (AvgIpc) is 3.52. The summed E-state index contributed by atoms with van der Waals surface area (Å²) in [6.45, 7) is 3.24. The molecule has 1 atom stereocenters. The van der Waals surface area contributed by atoms with Crippen molar-refractivity contribution in [2.24, 2.45) is 13.0 Å². The summed E-state index contributed by atoms with van der Waals surface area (Å²) in [5, 5.41) is 6.23. The minimum absolute atomic E-state index is 0.0170. The number of carbonyl (C=O) groups excluding carboxylic acids is 3. The molecule has 1 aliphatic rings. The number of hydrogen-bond donors (Lipinski definition) is 2. The van der Waals surface area contributed by atoms with Crippen molar-refractivity contribution < 1.29 is 19.1 Å². The number of aryl methyl sites for hydroxylation is 2. The molecule has 172 valence electrons. The van der Waals surface area contributed by atoms with E-state index in [1.807, 2.05) is 55.8 Å². The molecule has 2 N–H and O–H groups in total. The van der Waals surface area contributed by atoms with Crippen LogP contribution >= 0.6 is 11.3 Å². The molecule has 2 aromatic heterocycles. The third-order valence-electron chi connectivity index (χ3n) is 5.66. The van der Waals surface area contributed by atoms with Crippen LogP contribution in [0, 0.1) is 19.8 Å². The van der Waals surface area contributed by atoms with Gasteiger partial charge in [-0.25, -0.2) is 9.78 Å². The number of carbonyl (C=O) groups is 3. The molecule has 0 bridgehead atoms. The maximum atomic E-state index is 12.8. The van der Waals surface area contributed by atoms with Crippen molar-refractivity contribution in [2.75, 3.05) is 11.9 Å². The second kappa shape index (κ2) is 9.58. The fourth-order valence-corrected chi connectivity index (χ4v) is 4.58. The summed E-state index contributed by atoms with van der Waals surface area (Å²) in [5.41, 5.74) is 1.91. The van der Waals surface area contributed by atoms with Crippen LogP contribution in [0.3, 0.4) is 0 Å². The Morgan fingerprint density at radius 2 is 1.94 bits per heavy atom. The van der Waals surface area contributed by atoms with E-state index in [9.17, 15) is 14.4 Å². The van der Waals surface area contributed by atoms with Crippen molar-refractivity contribution in [1.29, 1.82) is 0 Å². The Morgan fingerprint density at radius 3 is 2.58 bits per heavy atom. The minimum Gasteiger partial charge on any atom is -0.452 e. The fraction of sp³-hybridized carbons (Fsp3) is 0.333. The molecular formula is C24H26N4O4S. The summed E-state index contributed by atoms with van der Waals surface area (Å²) >= 11 is 1.34. The van der Waals surface area contributed by atoms with Gasteiger partial charge in [0.05, 0.1) is 5.56 Å². The summed E-state index contributed by atoms with van der Waals surface area (Å²) < 4.78 is 7.17. The number of nitrogens with one attached hydrogen (secondary N) is 2. The van der Waals surface area contributed by atoms with Crippen molar-refractivity contribution in [3.63, 3.8) is 0 Å². The maximum absolute atomic E-state index is 12.8. The van der Waals surface area contributed by atoms with Crippen molar-refractivity contribution in [2.45, 2.75) is 32.7 Å². The standard InChI is InChI=1S/C24H26N4O4S/c1-14-15(2)33-23(27-22(30)17-9-10-17)19(14)24(31)32-13-18(29)26-20(16-7-5-4-6-8-16)21-25-11-12-28(21)3/h4-8,11-12,17,20H,9-10,13H2,1-3H3,(H,26,29)(H,27,30)/t20-/m1/s1. The number of aromatic nitrogens is 2. The molecule has 0 spiro atoms. The van der Waals surface area contributed by atoms with Crippen molar-refractivity contribution in [1.82, 2.24) is 14.9 Å². The molecule has 33 heavy (non-hydrogen) atoms. The highest BCUT2D eigenvalue weighted by molar-refractivity contribution is 7.16. The summed E-state index contributed by atoms with van der Waals surface area (Å²) in [6, 6.07) is 8.98. The largest absolute Gasteiger partial charge is 0.452 e. The lowest BCUT2D eigenvalue weighted by Crippen LogP contribution is -2.34. The first kappa shape index (κ1) is 22.7. The van der Waals surface area contributed by atoms with Gasteiger partial charge in [-0.15, -0.1) is 11.3 Å². The Morgan fingerprint density at radius 1 is 1.21 bits per heavy atom. The highest BCUT2D eigenvalue weighted by atomic mass is 32.1. The van der Waals surface area contributed by atoms with Crippen molar-refractivity contribution in [3.8, 4) is 0 Å². The Hall–Kier alpha value is -3.46. The number of amides is 2. The highest BCUT2D eigenvalue weighted by Crippen LogP contribution is 2.36. The van der Waals surface area contributed by atoms with Gasteiger partial charge in [0.25, 0.3) is 5.91 Å². The van der Waals surface area contributed by atoms with Gasteiger partial charge in [0, 0.05) is 30.2 Å². The van der Waals surface area contributed by atoms with Crippen LogP contribution in [0.1, 0.15) is 51.1 Å². The molecule has 3 aromatic rings. The lowest BCUT2D eigenvalue weighted by atomic mass is 10.1. The predicted molar refractivity (Wildman–Crippen MR) is 125 cm³/mol. The molecule has 0 radical (unpaired) electrons. The van der Waals surface area contributed by atoms with Crippen LogP contribution in [0.2, 0.25) is 0 Å². The number of hydrogen-bond acceptors (Lipinski definition) is 6. The summed E-state index contributed by atoms with van der Waals surface area (Å²) in [7, 11) is 1.85. The van der Waals surface area contributed by atoms with Gasteiger partial charge in [-0.2, -0.15) is 0 Å². The minimum atomic E-state index is -0.633. The van der Waals surface area contributed by atoms with E-state index >= 15 is 0 Å². The van der Waals surface area contributed by atoms with Crippen LogP contribution in [0.15, 0.2) is 42.7 Å². The van der Waals surface area contributed by atoms with Crippen LogP contribution in [0.5, 0.6) is 0 Å². The number of rotatable bonds is 8. The van der Waals surface area contributed by atoms with Gasteiger partial charge in [0.15, 0.2) is 6.61 Å². The molecule has 2 heterocycles. The van der Waals surface area contributed by atoms with Gasteiger partial charge in [0.2, 0.25) is 5.91 Å². The third-order valence-corrected chi connectivity index (χ3v) is 6.79. The molecule has 0 aliphatic heterocycles. The quantitative estimate of drug-likeness (QED) is 0.495. The van der Waals surface area contributed by atoms with Crippen LogP contribution in [-0.2, 0) is 21.4 Å². The summed E-state index contributed by atoms with van der Waals surface area (Å²) in [5.74, 6) is -0.484. The zero-order chi connectivity index (χ0) is 23.5. The molecule has 1 aliphatic carbocycles. The number of thiophene rings is 1. The van der Waals surface area contributed by atoms with Crippen LogP contribution < -0.4 is 10.6 Å². The summed E-state index contributed by atoms with van der Waals surface area (Å²) in [4.78, 5) is 43.1. The van der Waals surface area contributed by atoms with E-state index in [1.54, 1.807) is 12.4 Å². The number of esters is 1. The Bertz CT molecular complexity index is 1180. The van der Waals surface area contributed by atoms with Gasteiger partial charge in [-0.1, -0.05) is 30.3 Å². The Labute approximate surface area is 196 Å². The smallest absolute Gasteiger partial charge is 0.341 e. The topological polar surface area (TPSA) is 102 Å². The molecule has 2 amide bonds. The fourth-order valence-electron chi connectivity index (χ4n) is 3.52. The highest BCUT2D eigenvalue weighted by Gasteiger charge is 2.32. The van der Waals surface area contributed by atoms with Gasteiger partial charge < -0.3 is 19.9 Å². The van der Waals surface area contributed by atoms with Gasteiger partial charge in [-0.3, -0.25) is 9.59 Å². The average molecular weight is 467 g/mol. The molecule has 1 saturated carbocycles. The number of benzene rings is 1. The number of nitrogens with zero attached hydrogens (tertiary/aromatic N) is 2. The lowest BCUT2D eigenvalue weighted by molar-refractivity contribution is -0.124. The van der Waals surface area contributed by atoms with Gasteiger partial charge in [0.1, 0.15) is 16.9 Å². The molecular weight excluding hydrogens is 440 g/mol. The predicted octanol–water partition coefficient (Wildman–Crippen LogP) is 3.51. The third kappa shape index (κ3) is 5.14. The van der Waals surface area contributed by atoms with Crippen molar-refractivity contribution >= 4 is 34.1 Å². The lowest BCUT2D eigenvalue weighted by Gasteiger charge is -2.19. The first-order valence-electron chi connectivity index (χ1n) is 10.7. The SMILES string of the molecule is Cc1sc(NC(=O)C2CC2)c(C(=O)OCC(=O)N[C@H](c2ccccc2)c2nccn2C)c1C. The second-order valence-corrected chi connectivity index (χ2v) is 9.36. The molecule has 9 heteroatoms. The molecule has 1 fully saturated rings. The van der Waals surface area contributed by atoms with E-state index in [4.69, 9.17) is 4.74 Å². The monoisotopic (exact) mass is 466 g/mol. The van der Waals surface area contributed by atoms with Crippen LogP contribution in [-0.4, -0.2) is 33.9 Å². The maximum Gasteiger partial charge on any atom is 0.341 e. The van der Waals surface area contributed by atoms with Crippen LogP contribution in [0.4, 0.5) is 5.00 Å². The van der Waals surface area contributed by atoms with Gasteiger partial charge in [-0.05, 0) is 37.8 Å². The Balaban J connectivity index is 1.44. The van der Waals surface area contributed by atoms with E-state index in [0.717, 1.165) is 28.8 Å². The zero-order valence-corrected chi connectivity index (χ0v) is 19.6. The number of ether oxygens (including phenoxy) is 1. The molecule has 0 unspecified atom stereocenters. The Kier molecular flexibility index (Phi) is 6.60. The molecule has 1 aromatic carbocycles. The molecule has 8 nitrogen and oxygen atoms in total. The number of anilines is 1. The second-order valence-electron chi connectivity index (χ2n) is 8.13. The number of imidazole rings is 1. The molecule has 0 saturated heterocycles. The normalized spacial score (nSPS) is 13.9. The zero-order valence-electron chi connectivity index (χ0n) is 18.8. The van der Waals surface area contributed by atoms with E-state index in [0.29, 0.717) is 16.4 Å². The van der Waals surface area contributed by atoms with Gasteiger partial charge >= 0.3 is 5.97 Å². The first-order chi connectivity index (χ1) is 15.8. The van der Waals surface area contributed by atoms with Crippen molar-refractivity contribution in [3.05, 3.63) is 70.1 Å². The van der Waals surface area contributed by atoms with E-state index < -0.39 is 24.5 Å². The van der Waals surface area contributed by atoms with E-state index in [1.165, 1.54) is 11.3 Å². The summed E-state index contributed by atoms with van der Waals surface area (Å²) in [6.07, 6.45) is 5.20. The van der Waals surface area contributed by atoms with Crippen LogP contribution in [0.25, 0.3) is 0 Å². The molecule has 4 rings (SSSR count).